The number of thioether (sulfide) groups is 1. The number of hydrogen-bond acceptors (Lipinski definition) is 3. The van der Waals surface area contributed by atoms with Crippen molar-refractivity contribution >= 4 is 23.4 Å². The highest BCUT2D eigenvalue weighted by molar-refractivity contribution is 7.98. The molecule has 31 heavy (non-hydrogen) atoms. The number of fused-ring (bicyclic) bond motifs is 4. The Morgan fingerprint density at radius 1 is 1.06 bits per heavy atom. The van der Waals surface area contributed by atoms with Gasteiger partial charge in [-0.05, 0) is 43.4 Å². The number of benzene rings is 2. The van der Waals surface area contributed by atoms with E-state index in [0.29, 0.717) is 12.3 Å². The lowest BCUT2D eigenvalue weighted by Gasteiger charge is -2.42. The highest BCUT2D eigenvalue weighted by atomic mass is 35.5. The summed E-state index contributed by atoms with van der Waals surface area (Å²) in [5, 5.41) is 1.54. The van der Waals surface area contributed by atoms with Crippen molar-refractivity contribution < 1.29 is 0 Å². The largest absolute Gasteiger partial charge is 0.288 e. The smallest absolute Gasteiger partial charge is 0.258 e. The zero-order valence-electron chi connectivity index (χ0n) is 17.9. The number of aromatic nitrogens is 2. The third kappa shape index (κ3) is 3.64. The van der Waals surface area contributed by atoms with Gasteiger partial charge in [0.15, 0.2) is 5.16 Å². The van der Waals surface area contributed by atoms with Crippen LogP contribution in [0.25, 0.3) is 11.3 Å². The van der Waals surface area contributed by atoms with Crippen LogP contribution in [0.15, 0.2) is 58.5 Å². The van der Waals surface area contributed by atoms with Gasteiger partial charge < -0.3 is 0 Å². The first kappa shape index (κ1) is 20.8. The summed E-state index contributed by atoms with van der Waals surface area (Å²) in [5.74, 6) is 0.692. The Bertz CT molecular complexity index is 1180. The molecule has 0 unspecified atom stereocenters. The minimum Gasteiger partial charge on any atom is -0.288 e. The number of nitrogens with zero attached hydrogens (tertiary/aromatic N) is 2. The standard InChI is InChI=1S/C26H27ClN2OS/c1-2-29-24(30)22-23(28-25(29)31-17-19-11-5-7-13-21(19)27)20-12-6-4-10-18(20)16-26(22)14-8-3-9-15-26/h4-7,10-13H,2-3,8-9,14-17H2,1H3. The summed E-state index contributed by atoms with van der Waals surface area (Å²) in [5.41, 5.74) is 5.51. The summed E-state index contributed by atoms with van der Waals surface area (Å²) in [6.45, 7) is 2.67. The predicted molar refractivity (Wildman–Crippen MR) is 129 cm³/mol. The van der Waals surface area contributed by atoms with Crippen LogP contribution >= 0.6 is 23.4 Å². The van der Waals surface area contributed by atoms with E-state index >= 15 is 0 Å². The summed E-state index contributed by atoms with van der Waals surface area (Å²) in [7, 11) is 0. The molecule has 5 rings (SSSR count). The highest BCUT2D eigenvalue weighted by Gasteiger charge is 2.43. The molecular formula is C26H27ClN2OS. The Morgan fingerprint density at radius 2 is 1.81 bits per heavy atom. The van der Waals surface area contributed by atoms with Crippen molar-refractivity contribution in [3.63, 3.8) is 0 Å². The molecule has 1 spiro atoms. The lowest BCUT2D eigenvalue weighted by molar-refractivity contribution is 0.282. The molecule has 0 atom stereocenters. The van der Waals surface area contributed by atoms with E-state index in [2.05, 4.69) is 24.3 Å². The van der Waals surface area contributed by atoms with E-state index in [9.17, 15) is 4.79 Å². The van der Waals surface area contributed by atoms with E-state index in [1.807, 2.05) is 35.8 Å². The van der Waals surface area contributed by atoms with Crippen LogP contribution in [0.2, 0.25) is 5.02 Å². The van der Waals surface area contributed by atoms with Gasteiger partial charge in [-0.2, -0.15) is 0 Å². The minimum absolute atomic E-state index is 0.0606. The maximum Gasteiger partial charge on any atom is 0.258 e. The van der Waals surface area contributed by atoms with E-state index < -0.39 is 0 Å². The van der Waals surface area contributed by atoms with Crippen molar-refractivity contribution in [2.24, 2.45) is 0 Å². The molecule has 1 heterocycles. The molecule has 2 aromatic carbocycles. The van der Waals surface area contributed by atoms with Crippen LogP contribution in [0, 0.1) is 0 Å². The van der Waals surface area contributed by atoms with E-state index in [1.54, 1.807) is 11.8 Å². The molecule has 0 N–H and O–H groups in total. The van der Waals surface area contributed by atoms with Crippen molar-refractivity contribution in [1.82, 2.24) is 9.55 Å². The molecular weight excluding hydrogens is 424 g/mol. The summed E-state index contributed by atoms with van der Waals surface area (Å²) < 4.78 is 1.88. The van der Waals surface area contributed by atoms with E-state index in [0.717, 1.165) is 51.8 Å². The third-order valence-corrected chi connectivity index (χ3v) is 8.30. The van der Waals surface area contributed by atoms with E-state index in [4.69, 9.17) is 16.6 Å². The monoisotopic (exact) mass is 450 g/mol. The average Bonchev–Trinajstić information content (AvgIpc) is 2.79. The Balaban J connectivity index is 1.65. The van der Waals surface area contributed by atoms with Gasteiger partial charge in [-0.15, -0.1) is 0 Å². The first-order valence-electron chi connectivity index (χ1n) is 11.2. The highest BCUT2D eigenvalue weighted by Crippen LogP contribution is 2.48. The summed E-state index contributed by atoms with van der Waals surface area (Å²) >= 11 is 7.98. The fourth-order valence-electron chi connectivity index (χ4n) is 5.37. The first-order chi connectivity index (χ1) is 15.1. The van der Waals surface area contributed by atoms with Gasteiger partial charge in [0.1, 0.15) is 0 Å². The van der Waals surface area contributed by atoms with Crippen LogP contribution in [-0.2, 0) is 24.1 Å². The zero-order chi connectivity index (χ0) is 21.4. The van der Waals surface area contributed by atoms with Crippen LogP contribution in [0.4, 0.5) is 0 Å². The van der Waals surface area contributed by atoms with Crippen LogP contribution < -0.4 is 5.56 Å². The molecule has 0 radical (unpaired) electrons. The molecule has 160 valence electrons. The van der Waals surface area contributed by atoms with Gasteiger partial charge in [-0.1, -0.05) is 85.1 Å². The average molecular weight is 451 g/mol. The summed E-state index contributed by atoms with van der Waals surface area (Å²) in [6, 6.07) is 16.4. The number of hydrogen-bond donors (Lipinski definition) is 0. The van der Waals surface area contributed by atoms with Crippen molar-refractivity contribution in [2.45, 2.75) is 68.3 Å². The quantitative estimate of drug-likeness (QED) is 0.330. The lowest BCUT2D eigenvalue weighted by atomic mass is 9.62. The molecule has 5 heteroatoms. The van der Waals surface area contributed by atoms with Crippen LogP contribution in [0.5, 0.6) is 0 Å². The topological polar surface area (TPSA) is 34.9 Å². The second kappa shape index (κ2) is 8.48. The Labute approximate surface area is 192 Å². The van der Waals surface area contributed by atoms with Crippen LogP contribution in [0.1, 0.15) is 55.7 Å². The molecule has 1 aromatic heterocycles. The fourth-order valence-corrected chi connectivity index (χ4v) is 6.71. The molecule has 2 aliphatic carbocycles. The SMILES string of the molecule is CCn1c(SCc2ccccc2Cl)nc2c(c1=O)C1(CCCCC1)Cc1ccccc1-2. The first-order valence-corrected chi connectivity index (χ1v) is 12.6. The van der Waals surface area contributed by atoms with Crippen molar-refractivity contribution in [2.75, 3.05) is 0 Å². The molecule has 3 nitrogen and oxygen atoms in total. The van der Waals surface area contributed by atoms with Crippen LogP contribution in [0.3, 0.4) is 0 Å². The molecule has 0 saturated heterocycles. The Hall–Kier alpha value is -2.04. The summed E-state index contributed by atoms with van der Waals surface area (Å²) in [6.07, 6.45) is 6.78. The van der Waals surface area contributed by atoms with Gasteiger partial charge in [0.2, 0.25) is 0 Å². The van der Waals surface area contributed by atoms with Gasteiger partial charge >= 0.3 is 0 Å². The molecule has 0 bridgehead atoms. The predicted octanol–water partition coefficient (Wildman–Crippen LogP) is 6.63. The van der Waals surface area contributed by atoms with E-state index in [1.165, 1.54) is 24.8 Å². The third-order valence-electron chi connectivity index (χ3n) is 6.91. The maximum atomic E-state index is 13.9. The minimum atomic E-state index is -0.0606. The second-order valence-corrected chi connectivity index (χ2v) is 10.1. The molecule has 1 fully saturated rings. The number of halogens is 1. The Kier molecular flexibility index (Phi) is 5.70. The van der Waals surface area contributed by atoms with Gasteiger partial charge in [0, 0.05) is 28.3 Å². The van der Waals surface area contributed by atoms with Gasteiger partial charge in [-0.25, -0.2) is 4.98 Å². The van der Waals surface area contributed by atoms with Crippen molar-refractivity contribution in [3.05, 3.63) is 80.6 Å². The van der Waals surface area contributed by atoms with Crippen molar-refractivity contribution in [3.8, 4) is 11.3 Å². The van der Waals surface area contributed by atoms with Crippen LogP contribution in [-0.4, -0.2) is 9.55 Å². The molecule has 0 aliphatic heterocycles. The molecule has 1 saturated carbocycles. The van der Waals surface area contributed by atoms with Gasteiger partial charge in [0.25, 0.3) is 5.56 Å². The molecule has 0 amide bonds. The van der Waals surface area contributed by atoms with Gasteiger partial charge in [0.05, 0.1) is 11.3 Å². The second-order valence-electron chi connectivity index (χ2n) is 8.72. The van der Waals surface area contributed by atoms with Gasteiger partial charge in [-0.3, -0.25) is 9.36 Å². The maximum absolute atomic E-state index is 13.9. The normalized spacial score (nSPS) is 16.7. The van der Waals surface area contributed by atoms with Crippen molar-refractivity contribution in [1.29, 1.82) is 0 Å². The summed E-state index contributed by atoms with van der Waals surface area (Å²) in [4.78, 5) is 19.1. The number of rotatable bonds is 4. The lowest BCUT2D eigenvalue weighted by Crippen LogP contribution is -2.43. The zero-order valence-corrected chi connectivity index (χ0v) is 19.4. The molecule has 2 aliphatic rings. The Morgan fingerprint density at radius 3 is 2.58 bits per heavy atom. The molecule has 3 aromatic rings. The fraction of sp³-hybridized carbons (Fsp3) is 0.385. The van der Waals surface area contributed by atoms with E-state index in [-0.39, 0.29) is 11.0 Å².